The topological polar surface area (TPSA) is 66.6 Å². The molecule has 0 spiro atoms. The summed E-state index contributed by atoms with van der Waals surface area (Å²) >= 11 is 0. The van der Waals surface area contributed by atoms with E-state index in [9.17, 15) is 4.79 Å². The quantitative estimate of drug-likeness (QED) is 0.850. The van der Waals surface area contributed by atoms with E-state index in [-0.39, 0.29) is 0 Å². The largest absolute Gasteiger partial charge is 0.353 e. The predicted molar refractivity (Wildman–Crippen MR) is 91.0 cm³/mol. The maximum Gasteiger partial charge on any atom is 0.257 e. The second-order valence-electron chi connectivity index (χ2n) is 6.82. The molecular weight excluding hydrogens is 304 g/mol. The zero-order valence-electron chi connectivity index (χ0n) is 14.4. The van der Waals surface area contributed by atoms with Crippen LogP contribution in [0.15, 0.2) is 6.07 Å². The molecule has 1 amide bonds. The molecule has 1 saturated carbocycles. The normalized spacial score (nSPS) is 18.4. The van der Waals surface area contributed by atoms with Crippen molar-refractivity contribution in [3.63, 3.8) is 0 Å². The minimum atomic E-state index is 0.307. The smallest absolute Gasteiger partial charge is 0.257 e. The van der Waals surface area contributed by atoms with Crippen LogP contribution in [0.4, 0.5) is 5.82 Å². The van der Waals surface area contributed by atoms with Crippen molar-refractivity contribution in [2.45, 2.75) is 39.5 Å². The fourth-order valence-electron chi connectivity index (χ4n) is 3.45. The molecule has 2 aliphatic rings. The Morgan fingerprint density at radius 2 is 1.96 bits per heavy atom. The van der Waals surface area contributed by atoms with Crippen molar-refractivity contribution in [3.05, 3.63) is 17.6 Å². The van der Waals surface area contributed by atoms with E-state index in [1.807, 2.05) is 16.2 Å². The number of aromatic nitrogens is 4. The van der Waals surface area contributed by atoms with E-state index < -0.39 is 0 Å². The third-order valence-electron chi connectivity index (χ3n) is 4.95. The minimum Gasteiger partial charge on any atom is -0.353 e. The zero-order valence-corrected chi connectivity index (χ0v) is 14.4. The van der Waals surface area contributed by atoms with Crippen LogP contribution in [0.25, 0.3) is 5.78 Å². The van der Waals surface area contributed by atoms with Crippen LogP contribution >= 0.6 is 0 Å². The van der Waals surface area contributed by atoms with E-state index in [2.05, 4.69) is 28.1 Å². The SMILES string of the molecule is CCCc1cc(N2CCN(C(=O)C3CC3)CC2)nc2nnc(C)n12. The average Bonchev–Trinajstić information content (AvgIpc) is 3.38. The van der Waals surface area contributed by atoms with Crippen molar-refractivity contribution in [1.82, 2.24) is 24.5 Å². The van der Waals surface area contributed by atoms with E-state index in [1.165, 1.54) is 5.69 Å². The molecule has 0 atom stereocenters. The second-order valence-corrected chi connectivity index (χ2v) is 6.82. The van der Waals surface area contributed by atoms with E-state index >= 15 is 0 Å². The Kier molecular flexibility index (Phi) is 3.86. The first-order valence-electron chi connectivity index (χ1n) is 8.92. The fourth-order valence-corrected chi connectivity index (χ4v) is 3.45. The molecule has 24 heavy (non-hydrogen) atoms. The van der Waals surface area contributed by atoms with Crippen LogP contribution in [0.2, 0.25) is 0 Å². The van der Waals surface area contributed by atoms with Gasteiger partial charge in [0.1, 0.15) is 11.6 Å². The molecule has 0 N–H and O–H groups in total. The monoisotopic (exact) mass is 328 g/mol. The zero-order chi connectivity index (χ0) is 16.7. The van der Waals surface area contributed by atoms with Crippen LogP contribution < -0.4 is 4.90 Å². The highest BCUT2D eigenvalue weighted by molar-refractivity contribution is 5.81. The van der Waals surface area contributed by atoms with Crippen LogP contribution in [0.1, 0.15) is 37.7 Å². The predicted octanol–water partition coefficient (Wildman–Crippen LogP) is 1.44. The first-order valence-corrected chi connectivity index (χ1v) is 8.92. The summed E-state index contributed by atoms with van der Waals surface area (Å²) < 4.78 is 2.04. The van der Waals surface area contributed by atoms with Crippen molar-refractivity contribution in [2.75, 3.05) is 31.1 Å². The molecule has 1 aliphatic heterocycles. The molecule has 2 aromatic rings. The fraction of sp³-hybridized carbons (Fsp3) is 0.647. The van der Waals surface area contributed by atoms with Crippen LogP contribution in [0.3, 0.4) is 0 Å². The highest BCUT2D eigenvalue weighted by Crippen LogP contribution is 2.31. The van der Waals surface area contributed by atoms with E-state index in [0.717, 1.165) is 63.5 Å². The van der Waals surface area contributed by atoms with Crippen molar-refractivity contribution in [1.29, 1.82) is 0 Å². The van der Waals surface area contributed by atoms with Crippen LogP contribution in [0.5, 0.6) is 0 Å². The van der Waals surface area contributed by atoms with Crippen LogP contribution in [-0.4, -0.2) is 56.6 Å². The number of nitrogens with zero attached hydrogens (tertiary/aromatic N) is 6. The Balaban J connectivity index is 1.55. The highest BCUT2D eigenvalue weighted by Gasteiger charge is 2.34. The summed E-state index contributed by atoms with van der Waals surface area (Å²) in [5.41, 5.74) is 1.21. The minimum absolute atomic E-state index is 0.307. The second kappa shape index (κ2) is 6.03. The van der Waals surface area contributed by atoms with Gasteiger partial charge in [-0.2, -0.15) is 4.98 Å². The van der Waals surface area contributed by atoms with Crippen molar-refractivity contribution in [2.24, 2.45) is 5.92 Å². The molecule has 0 radical (unpaired) electrons. The molecule has 2 aromatic heterocycles. The van der Waals surface area contributed by atoms with Gasteiger partial charge < -0.3 is 9.80 Å². The lowest BCUT2D eigenvalue weighted by Gasteiger charge is -2.35. The Labute approximate surface area is 141 Å². The van der Waals surface area contributed by atoms with Crippen molar-refractivity contribution >= 4 is 17.5 Å². The number of fused-ring (bicyclic) bond motifs is 1. The van der Waals surface area contributed by atoms with Gasteiger partial charge in [-0.05, 0) is 26.2 Å². The summed E-state index contributed by atoms with van der Waals surface area (Å²) in [6.45, 7) is 7.38. The number of aryl methyl sites for hydroxylation is 2. The Hall–Kier alpha value is -2.18. The van der Waals surface area contributed by atoms with Gasteiger partial charge in [0.05, 0.1) is 0 Å². The molecule has 7 heteroatoms. The summed E-state index contributed by atoms with van der Waals surface area (Å²) in [5, 5.41) is 8.37. The number of anilines is 1. The number of hydrogen-bond donors (Lipinski definition) is 0. The number of rotatable bonds is 4. The van der Waals surface area contributed by atoms with E-state index in [4.69, 9.17) is 4.98 Å². The van der Waals surface area contributed by atoms with Crippen molar-refractivity contribution in [3.8, 4) is 0 Å². The molecule has 7 nitrogen and oxygen atoms in total. The standard InChI is InChI=1S/C17H24N6O/c1-3-4-14-11-15(18-17-20-19-12(2)23(14)17)21-7-9-22(10-8-21)16(24)13-5-6-13/h11,13H,3-10H2,1-2H3. The van der Waals surface area contributed by atoms with Crippen molar-refractivity contribution < 1.29 is 4.79 Å². The molecule has 2 fully saturated rings. The van der Waals surface area contributed by atoms with E-state index in [0.29, 0.717) is 17.6 Å². The average molecular weight is 328 g/mol. The summed E-state index contributed by atoms with van der Waals surface area (Å²) in [6.07, 6.45) is 4.19. The maximum absolute atomic E-state index is 12.2. The van der Waals surface area contributed by atoms with Gasteiger partial charge in [0, 0.05) is 43.9 Å². The molecule has 0 aromatic carbocycles. The Morgan fingerprint density at radius 3 is 2.62 bits per heavy atom. The summed E-state index contributed by atoms with van der Waals surface area (Å²) in [7, 11) is 0. The molecule has 1 aliphatic carbocycles. The maximum atomic E-state index is 12.2. The molecule has 128 valence electrons. The molecule has 4 rings (SSSR count). The Bertz CT molecular complexity index is 758. The summed E-state index contributed by atoms with van der Waals surface area (Å²) in [6, 6.07) is 2.16. The first-order chi connectivity index (χ1) is 11.7. The van der Waals surface area contributed by atoms with Gasteiger partial charge >= 0.3 is 0 Å². The number of carbonyl (C=O) groups excluding carboxylic acids is 1. The summed E-state index contributed by atoms with van der Waals surface area (Å²) in [5.74, 6) is 3.16. The molecule has 1 saturated heterocycles. The molecular formula is C17H24N6O. The third-order valence-corrected chi connectivity index (χ3v) is 4.95. The molecule has 3 heterocycles. The highest BCUT2D eigenvalue weighted by atomic mass is 16.2. The number of carbonyl (C=O) groups is 1. The van der Waals surface area contributed by atoms with Crippen LogP contribution in [0, 0.1) is 12.8 Å². The number of hydrogen-bond acceptors (Lipinski definition) is 5. The van der Waals surface area contributed by atoms with Gasteiger partial charge in [-0.1, -0.05) is 13.3 Å². The summed E-state index contributed by atoms with van der Waals surface area (Å²) in [4.78, 5) is 21.2. The lowest BCUT2D eigenvalue weighted by atomic mass is 10.2. The molecule has 0 unspecified atom stereocenters. The van der Waals surface area contributed by atoms with E-state index in [1.54, 1.807) is 0 Å². The van der Waals surface area contributed by atoms with Gasteiger partial charge in [-0.15, -0.1) is 10.2 Å². The van der Waals surface area contributed by atoms with Gasteiger partial charge in [-0.25, -0.2) is 0 Å². The Morgan fingerprint density at radius 1 is 1.21 bits per heavy atom. The first kappa shape index (κ1) is 15.4. The lowest BCUT2D eigenvalue weighted by Crippen LogP contribution is -2.49. The van der Waals surface area contributed by atoms with Gasteiger partial charge in [0.2, 0.25) is 5.91 Å². The van der Waals surface area contributed by atoms with Crippen LogP contribution in [-0.2, 0) is 11.2 Å². The van der Waals surface area contributed by atoms with Gasteiger partial charge in [0.25, 0.3) is 5.78 Å². The van der Waals surface area contributed by atoms with Gasteiger partial charge in [0.15, 0.2) is 0 Å². The number of piperazine rings is 1. The third kappa shape index (κ3) is 2.72. The lowest BCUT2D eigenvalue weighted by molar-refractivity contribution is -0.132. The number of amides is 1. The van der Waals surface area contributed by atoms with Gasteiger partial charge in [-0.3, -0.25) is 9.20 Å². The molecule has 0 bridgehead atoms.